The van der Waals surface area contributed by atoms with Gasteiger partial charge in [-0.3, -0.25) is 4.79 Å². The number of rotatable bonds is 1. The Bertz CT molecular complexity index is 506. The summed E-state index contributed by atoms with van der Waals surface area (Å²) in [6, 6.07) is 2.37. The summed E-state index contributed by atoms with van der Waals surface area (Å²) in [5.74, 6) is -2.20. The smallest absolute Gasteiger partial charge is 0.259 e. The van der Waals surface area contributed by atoms with Crippen LogP contribution in [-0.4, -0.2) is 23.9 Å². The summed E-state index contributed by atoms with van der Waals surface area (Å²) < 4.78 is 27.7. The molecule has 2 rings (SSSR count). The van der Waals surface area contributed by atoms with Crippen molar-refractivity contribution in [2.45, 2.75) is 26.7 Å². The van der Waals surface area contributed by atoms with Crippen LogP contribution in [0.25, 0.3) is 0 Å². The van der Waals surface area contributed by atoms with Crippen LogP contribution in [0.15, 0.2) is 16.6 Å². The lowest BCUT2D eigenvalue weighted by Crippen LogP contribution is -2.41. The van der Waals surface area contributed by atoms with E-state index in [9.17, 15) is 13.6 Å². The highest BCUT2D eigenvalue weighted by Crippen LogP contribution is 2.31. The first-order chi connectivity index (χ1) is 8.82. The number of hydrogen-bond acceptors (Lipinski definition) is 1. The van der Waals surface area contributed by atoms with Gasteiger partial charge in [-0.2, -0.15) is 0 Å². The molecule has 1 fully saturated rings. The number of halogens is 3. The Labute approximate surface area is 119 Å². The summed E-state index contributed by atoms with van der Waals surface area (Å²) in [4.78, 5) is 13.8. The normalized spacial score (nSPS) is 18.5. The number of amides is 1. The Morgan fingerprint density at radius 1 is 1.26 bits per heavy atom. The van der Waals surface area contributed by atoms with Gasteiger partial charge in [-0.15, -0.1) is 0 Å². The van der Waals surface area contributed by atoms with Gasteiger partial charge in [0.2, 0.25) is 0 Å². The summed E-state index contributed by atoms with van der Waals surface area (Å²) in [5, 5.41) is 0. The van der Waals surface area contributed by atoms with Crippen molar-refractivity contribution >= 4 is 21.8 Å². The number of likely N-dealkylation sites (tertiary alicyclic amines) is 1. The quantitative estimate of drug-likeness (QED) is 0.712. The molecule has 1 aliphatic rings. The van der Waals surface area contributed by atoms with Crippen molar-refractivity contribution in [3.05, 3.63) is 33.8 Å². The lowest BCUT2D eigenvalue weighted by atomic mass is 9.82. The molecular formula is C14H16BrF2NO. The fraction of sp³-hybridized carbons (Fsp3) is 0.500. The van der Waals surface area contributed by atoms with Gasteiger partial charge in [0, 0.05) is 13.1 Å². The number of nitrogens with zero attached hydrogens (tertiary/aromatic N) is 1. The number of benzene rings is 1. The zero-order valence-corrected chi connectivity index (χ0v) is 12.6. The van der Waals surface area contributed by atoms with Crippen LogP contribution >= 0.6 is 15.9 Å². The van der Waals surface area contributed by atoms with Gasteiger partial charge in [0.15, 0.2) is 5.82 Å². The van der Waals surface area contributed by atoms with Gasteiger partial charge in [0.1, 0.15) is 11.4 Å². The largest absolute Gasteiger partial charge is 0.338 e. The molecule has 0 unspecified atom stereocenters. The summed E-state index contributed by atoms with van der Waals surface area (Å²) >= 11 is 2.98. The highest BCUT2D eigenvalue weighted by molar-refractivity contribution is 9.10. The molecule has 0 saturated carbocycles. The van der Waals surface area contributed by atoms with Gasteiger partial charge >= 0.3 is 0 Å². The van der Waals surface area contributed by atoms with Crippen LogP contribution < -0.4 is 0 Å². The van der Waals surface area contributed by atoms with E-state index in [1.54, 1.807) is 0 Å². The Morgan fingerprint density at radius 2 is 1.84 bits per heavy atom. The maximum absolute atomic E-state index is 13.9. The molecule has 2 nitrogen and oxygen atoms in total. The fourth-order valence-electron chi connectivity index (χ4n) is 2.20. The Morgan fingerprint density at radius 3 is 2.42 bits per heavy atom. The van der Waals surface area contributed by atoms with E-state index in [1.165, 1.54) is 11.0 Å². The van der Waals surface area contributed by atoms with Crippen LogP contribution in [0.4, 0.5) is 8.78 Å². The second kappa shape index (κ2) is 5.19. The van der Waals surface area contributed by atoms with Crippen LogP contribution in [0.2, 0.25) is 0 Å². The third-order valence-electron chi connectivity index (χ3n) is 3.66. The molecule has 1 aromatic rings. The van der Waals surface area contributed by atoms with Crippen molar-refractivity contribution in [3.8, 4) is 0 Å². The van der Waals surface area contributed by atoms with Crippen LogP contribution in [0, 0.1) is 17.0 Å². The van der Waals surface area contributed by atoms with Crippen molar-refractivity contribution in [1.29, 1.82) is 0 Å². The van der Waals surface area contributed by atoms with Crippen molar-refractivity contribution < 1.29 is 13.6 Å². The standard InChI is InChI=1S/C14H16BrF2NO/c1-14(2)5-7-18(8-6-14)13(19)11-10(16)4-3-9(15)12(11)17/h3-4H,5-8H2,1-2H3. The Hall–Kier alpha value is -0.970. The average Bonchev–Trinajstić information content (AvgIpc) is 2.34. The third-order valence-corrected chi connectivity index (χ3v) is 4.27. The van der Waals surface area contributed by atoms with E-state index in [0.717, 1.165) is 18.9 Å². The number of carbonyl (C=O) groups excluding carboxylic acids is 1. The van der Waals surface area contributed by atoms with Crippen molar-refractivity contribution in [1.82, 2.24) is 4.90 Å². The predicted molar refractivity (Wildman–Crippen MR) is 73.0 cm³/mol. The zero-order chi connectivity index (χ0) is 14.2. The average molecular weight is 332 g/mol. The highest BCUT2D eigenvalue weighted by Gasteiger charge is 2.31. The molecule has 1 saturated heterocycles. The van der Waals surface area contributed by atoms with Crippen molar-refractivity contribution in [2.24, 2.45) is 5.41 Å². The molecule has 1 aliphatic heterocycles. The van der Waals surface area contributed by atoms with E-state index >= 15 is 0 Å². The molecule has 104 valence electrons. The molecule has 1 amide bonds. The summed E-state index contributed by atoms with van der Waals surface area (Å²) in [5.41, 5.74) is -0.278. The first-order valence-electron chi connectivity index (χ1n) is 6.24. The van der Waals surface area contributed by atoms with E-state index < -0.39 is 23.1 Å². The molecule has 0 atom stereocenters. The van der Waals surface area contributed by atoms with Gasteiger partial charge in [-0.25, -0.2) is 8.78 Å². The third kappa shape index (κ3) is 2.96. The molecule has 0 aromatic heterocycles. The molecule has 0 N–H and O–H groups in total. The number of carbonyl (C=O) groups is 1. The highest BCUT2D eigenvalue weighted by atomic mass is 79.9. The topological polar surface area (TPSA) is 20.3 Å². The molecule has 0 aliphatic carbocycles. The van der Waals surface area contributed by atoms with Crippen LogP contribution in [0.3, 0.4) is 0 Å². The minimum atomic E-state index is -0.824. The Balaban J connectivity index is 2.24. The fourth-order valence-corrected chi connectivity index (χ4v) is 2.53. The summed E-state index contributed by atoms with van der Waals surface area (Å²) in [6.45, 7) is 5.35. The molecule has 5 heteroatoms. The lowest BCUT2D eigenvalue weighted by molar-refractivity contribution is 0.0620. The van der Waals surface area contributed by atoms with Crippen molar-refractivity contribution in [2.75, 3.05) is 13.1 Å². The van der Waals surface area contributed by atoms with Crippen molar-refractivity contribution in [3.63, 3.8) is 0 Å². The first kappa shape index (κ1) is 14.4. The van der Waals surface area contributed by atoms with E-state index in [-0.39, 0.29) is 9.89 Å². The molecule has 0 bridgehead atoms. The van der Waals surface area contributed by atoms with Crippen LogP contribution in [0.5, 0.6) is 0 Å². The van der Waals surface area contributed by atoms with Crippen LogP contribution in [0.1, 0.15) is 37.0 Å². The van der Waals surface area contributed by atoms with Gasteiger partial charge in [0.05, 0.1) is 4.47 Å². The second-order valence-corrected chi connectivity index (χ2v) is 6.53. The molecule has 0 radical (unpaired) electrons. The first-order valence-corrected chi connectivity index (χ1v) is 7.04. The predicted octanol–water partition coefficient (Wildman–Crippen LogP) is 3.99. The minimum Gasteiger partial charge on any atom is -0.338 e. The van der Waals surface area contributed by atoms with Gasteiger partial charge < -0.3 is 4.90 Å². The number of hydrogen-bond donors (Lipinski definition) is 0. The van der Waals surface area contributed by atoms with Gasteiger partial charge in [0.25, 0.3) is 5.91 Å². The van der Waals surface area contributed by atoms with Crippen LogP contribution in [-0.2, 0) is 0 Å². The van der Waals surface area contributed by atoms with E-state index in [4.69, 9.17) is 0 Å². The summed E-state index contributed by atoms with van der Waals surface area (Å²) in [7, 11) is 0. The van der Waals surface area contributed by atoms with Gasteiger partial charge in [-0.1, -0.05) is 13.8 Å². The monoisotopic (exact) mass is 331 g/mol. The maximum Gasteiger partial charge on any atom is 0.259 e. The maximum atomic E-state index is 13.9. The van der Waals surface area contributed by atoms with E-state index in [2.05, 4.69) is 29.8 Å². The number of piperidine rings is 1. The van der Waals surface area contributed by atoms with E-state index in [1.807, 2.05) is 0 Å². The molecule has 1 aromatic carbocycles. The Kier molecular flexibility index (Phi) is 3.95. The molecule has 0 spiro atoms. The lowest BCUT2D eigenvalue weighted by Gasteiger charge is -2.37. The molecule has 19 heavy (non-hydrogen) atoms. The molecule has 1 heterocycles. The minimum absolute atomic E-state index is 0.106. The summed E-state index contributed by atoms with van der Waals surface area (Å²) in [6.07, 6.45) is 1.69. The molecular weight excluding hydrogens is 316 g/mol. The SMILES string of the molecule is CC1(C)CCN(C(=O)c2c(F)ccc(Br)c2F)CC1. The second-order valence-electron chi connectivity index (χ2n) is 5.67. The van der Waals surface area contributed by atoms with Gasteiger partial charge in [-0.05, 0) is 46.3 Å². The van der Waals surface area contributed by atoms with E-state index in [0.29, 0.717) is 13.1 Å². The zero-order valence-electron chi connectivity index (χ0n) is 11.0.